The minimum absolute atomic E-state index is 0.0568. The van der Waals surface area contributed by atoms with Crippen LogP contribution < -0.4 is 0 Å². The molecular formula is C45H73O13P. The Balaban J connectivity index is 2.54. The highest BCUT2D eigenvalue weighted by Gasteiger charge is 2.51. The molecule has 14 heteroatoms. The topological polar surface area (TPSA) is 210 Å². The van der Waals surface area contributed by atoms with Crippen LogP contribution in [0.3, 0.4) is 0 Å². The summed E-state index contributed by atoms with van der Waals surface area (Å²) in [5.74, 6) is -1.17. The molecule has 0 aliphatic heterocycles. The van der Waals surface area contributed by atoms with Gasteiger partial charge in [0.25, 0.3) is 0 Å². The van der Waals surface area contributed by atoms with Crippen molar-refractivity contribution in [3.8, 4) is 0 Å². The second kappa shape index (κ2) is 34.7. The minimum atomic E-state index is -5.13. The van der Waals surface area contributed by atoms with Gasteiger partial charge in [-0.1, -0.05) is 118 Å². The maximum Gasteiger partial charge on any atom is 0.472 e. The van der Waals surface area contributed by atoms with Crippen molar-refractivity contribution >= 4 is 19.8 Å². The molecule has 0 aromatic rings. The SMILES string of the molecule is CC/C=C\C/C=C\C/C=C\C/C=C\CCCCCCC(=O)OC(COC(=O)CCCCC/C=C\C/C=C\C/C=C\CC)COP(=O)(O)OC1C(O)C(O)C(O)C(O)C1O. The molecule has 0 aromatic heterocycles. The predicted molar refractivity (Wildman–Crippen MR) is 230 cm³/mol. The number of carbonyl (C=O) groups is 2. The fourth-order valence-electron chi connectivity index (χ4n) is 5.82. The molecule has 1 fully saturated rings. The zero-order valence-electron chi connectivity index (χ0n) is 35.3. The van der Waals surface area contributed by atoms with Crippen LogP contribution in [0.15, 0.2) is 85.1 Å². The lowest BCUT2D eigenvalue weighted by Gasteiger charge is -2.41. The number of aliphatic hydroxyl groups is 5. The Labute approximate surface area is 352 Å². The molecule has 0 heterocycles. The third kappa shape index (κ3) is 27.5. The number of ether oxygens (including phenoxy) is 2. The van der Waals surface area contributed by atoms with Gasteiger partial charge in [-0.15, -0.1) is 0 Å². The van der Waals surface area contributed by atoms with E-state index in [1.54, 1.807) is 0 Å². The number of rotatable bonds is 33. The van der Waals surface area contributed by atoms with Crippen molar-refractivity contribution in [3.05, 3.63) is 85.1 Å². The standard InChI is InChI=1S/C45H73O13P/c1-3-5-7-9-11-13-15-17-18-19-20-22-24-26-28-30-32-34-39(47)57-37(36-56-59(53,54)58-45-43(51)41(49)40(48)42(50)44(45)52)35-55-38(46)33-31-29-27-25-23-21-16-14-12-10-8-6-4-2/h5-8,11-14,17-18,20-23,37,40-45,48-52H,3-4,9-10,15-16,19,24-36H2,1-2H3,(H,53,54)/b7-5-,8-6-,13-11-,14-12-,18-17-,22-20-,23-21-. The van der Waals surface area contributed by atoms with Gasteiger partial charge in [-0.3, -0.25) is 18.6 Å². The van der Waals surface area contributed by atoms with Gasteiger partial charge in [-0.2, -0.15) is 0 Å². The van der Waals surface area contributed by atoms with Crippen LogP contribution in [0.25, 0.3) is 0 Å². The van der Waals surface area contributed by atoms with Crippen molar-refractivity contribution in [2.45, 2.75) is 172 Å². The quantitative estimate of drug-likeness (QED) is 0.0162. The highest BCUT2D eigenvalue weighted by atomic mass is 31.2. The molecule has 1 saturated carbocycles. The third-order valence-corrected chi connectivity index (χ3v) is 10.2. The van der Waals surface area contributed by atoms with Crippen molar-refractivity contribution < 1.29 is 63.1 Å². The molecule has 59 heavy (non-hydrogen) atoms. The minimum Gasteiger partial charge on any atom is -0.462 e. The fraction of sp³-hybridized carbons (Fsp3) is 0.644. The van der Waals surface area contributed by atoms with Gasteiger partial charge in [0.15, 0.2) is 6.10 Å². The first-order valence-corrected chi connectivity index (χ1v) is 22.9. The van der Waals surface area contributed by atoms with Crippen LogP contribution in [0.5, 0.6) is 0 Å². The number of phosphoric ester groups is 1. The Morgan fingerprint density at radius 1 is 0.525 bits per heavy atom. The van der Waals surface area contributed by atoms with Crippen LogP contribution in [0.2, 0.25) is 0 Å². The maximum atomic E-state index is 12.8. The van der Waals surface area contributed by atoms with Crippen molar-refractivity contribution in [1.29, 1.82) is 0 Å². The van der Waals surface area contributed by atoms with Gasteiger partial charge < -0.3 is 39.9 Å². The summed E-state index contributed by atoms with van der Waals surface area (Å²) < 4.78 is 33.4. The van der Waals surface area contributed by atoms with Gasteiger partial charge in [0.05, 0.1) is 6.61 Å². The maximum absolute atomic E-state index is 12.8. The summed E-state index contributed by atoms with van der Waals surface area (Å²) in [7, 11) is -5.13. The molecule has 0 bridgehead atoms. The normalized spacial score (nSPS) is 23.2. The molecule has 0 amide bonds. The Morgan fingerprint density at radius 2 is 0.915 bits per heavy atom. The number of hydrogen-bond donors (Lipinski definition) is 6. The van der Waals surface area contributed by atoms with Gasteiger partial charge in [-0.25, -0.2) is 4.57 Å². The molecule has 0 radical (unpaired) electrons. The molecule has 1 rings (SSSR count). The molecule has 0 saturated heterocycles. The monoisotopic (exact) mass is 852 g/mol. The highest BCUT2D eigenvalue weighted by Crippen LogP contribution is 2.47. The number of esters is 2. The van der Waals surface area contributed by atoms with Gasteiger partial charge >= 0.3 is 19.8 Å². The Hall–Kier alpha value is -2.97. The fourth-order valence-corrected chi connectivity index (χ4v) is 6.79. The molecule has 0 aromatic carbocycles. The molecule has 6 N–H and O–H groups in total. The summed E-state index contributed by atoms with van der Waals surface area (Å²) in [6.07, 6.45) is 30.7. The van der Waals surface area contributed by atoms with E-state index in [1.807, 2.05) is 0 Å². The smallest absolute Gasteiger partial charge is 0.462 e. The first-order chi connectivity index (χ1) is 28.4. The summed E-state index contributed by atoms with van der Waals surface area (Å²) in [6, 6.07) is 0. The summed E-state index contributed by atoms with van der Waals surface area (Å²) in [5.41, 5.74) is 0. The molecule has 6 unspecified atom stereocenters. The number of aliphatic hydroxyl groups excluding tert-OH is 5. The van der Waals surface area contributed by atoms with E-state index in [1.165, 1.54) is 0 Å². The number of carbonyl (C=O) groups excluding carboxylic acids is 2. The number of phosphoric acid groups is 1. The highest BCUT2D eigenvalue weighted by molar-refractivity contribution is 7.47. The van der Waals surface area contributed by atoms with Crippen LogP contribution in [-0.2, 0) is 32.7 Å². The van der Waals surface area contributed by atoms with Crippen molar-refractivity contribution in [3.63, 3.8) is 0 Å². The lowest BCUT2D eigenvalue weighted by molar-refractivity contribution is -0.220. The third-order valence-electron chi connectivity index (χ3n) is 9.23. The average Bonchev–Trinajstić information content (AvgIpc) is 3.21. The number of unbranched alkanes of at least 4 members (excludes halogenated alkanes) is 7. The van der Waals surface area contributed by atoms with E-state index in [0.717, 1.165) is 89.9 Å². The van der Waals surface area contributed by atoms with Crippen molar-refractivity contribution in [2.24, 2.45) is 0 Å². The molecular weight excluding hydrogens is 779 g/mol. The number of hydrogen-bond acceptors (Lipinski definition) is 12. The Morgan fingerprint density at radius 3 is 1.39 bits per heavy atom. The van der Waals surface area contributed by atoms with Gasteiger partial charge in [0.1, 0.15) is 43.2 Å². The second-order valence-corrected chi connectivity index (χ2v) is 15.8. The van der Waals surface area contributed by atoms with E-state index in [4.69, 9.17) is 18.5 Å². The molecule has 1 aliphatic carbocycles. The predicted octanol–water partition coefficient (Wildman–Crippen LogP) is 7.72. The van der Waals surface area contributed by atoms with Gasteiger partial charge in [-0.05, 0) is 83.5 Å². The second-order valence-electron chi connectivity index (χ2n) is 14.4. The Bertz CT molecular complexity index is 1360. The lowest BCUT2D eigenvalue weighted by Crippen LogP contribution is -2.64. The van der Waals surface area contributed by atoms with Crippen LogP contribution in [0.4, 0.5) is 0 Å². The van der Waals surface area contributed by atoms with Crippen LogP contribution in [0, 0.1) is 0 Å². The summed E-state index contributed by atoms with van der Waals surface area (Å²) in [5, 5.41) is 50.1. The lowest BCUT2D eigenvalue weighted by atomic mass is 9.85. The van der Waals surface area contributed by atoms with Gasteiger partial charge in [0, 0.05) is 12.8 Å². The Kier molecular flexibility index (Phi) is 31.8. The van der Waals surface area contributed by atoms with Crippen LogP contribution >= 0.6 is 7.82 Å². The van der Waals surface area contributed by atoms with E-state index >= 15 is 0 Å². The summed E-state index contributed by atoms with van der Waals surface area (Å²) in [6.45, 7) is 2.99. The van der Waals surface area contributed by atoms with Crippen molar-refractivity contribution in [1.82, 2.24) is 0 Å². The van der Waals surface area contributed by atoms with E-state index in [2.05, 4.69) is 98.9 Å². The summed E-state index contributed by atoms with van der Waals surface area (Å²) in [4.78, 5) is 35.6. The van der Waals surface area contributed by atoms with E-state index in [-0.39, 0.29) is 12.8 Å². The van der Waals surface area contributed by atoms with E-state index in [9.17, 15) is 44.6 Å². The zero-order chi connectivity index (χ0) is 43.6. The molecule has 0 spiro atoms. The largest absolute Gasteiger partial charge is 0.472 e. The molecule has 6 atom stereocenters. The molecule has 1 aliphatic rings. The van der Waals surface area contributed by atoms with E-state index in [0.29, 0.717) is 12.8 Å². The first-order valence-electron chi connectivity index (χ1n) is 21.4. The van der Waals surface area contributed by atoms with Crippen LogP contribution in [0.1, 0.15) is 129 Å². The number of allylic oxidation sites excluding steroid dienone is 14. The first kappa shape index (κ1) is 54.0. The molecule has 336 valence electrons. The van der Waals surface area contributed by atoms with Gasteiger partial charge in [0.2, 0.25) is 0 Å². The van der Waals surface area contributed by atoms with E-state index < -0.39 is 75.7 Å². The van der Waals surface area contributed by atoms with Crippen LogP contribution in [-0.4, -0.2) is 98.3 Å². The average molecular weight is 853 g/mol. The van der Waals surface area contributed by atoms with Crippen molar-refractivity contribution in [2.75, 3.05) is 13.2 Å². The zero-order valence-corrected chi connectivity index (χ0v) is 36.1. The molecule has 13 nitrogen and oxygen atoms in total. The summed E-state index contributed by atoms with van der Waals surface area (Å²) >= 11 is 0.